The number of imidazole rings is 1. The lowest BCUT2D eigenvalue weighted by Crippen LogP contribution is -2.35. The number of aromatic amines is 1. The van der Waals surface area contributed by atoms with Crippen LogP contribution in [-0.4, -0.2) is 46.0 Å². The molecule has 1 aromatic carbocycles. The molecule has 8 heteroatoms. The Morgan fingerprint density at radius 1 is 1.28 bits per heavy atom. The Hall–Kier alpha value is -3.16. The predicted octanol–water partition coefficient (Wildman–Crippen LogP) is 1.50. The number of fused-ring (bicyclic) bond motifs is 1. The fourth-order valence-electron chi connectivity index (χ4n) is 2.53. The maximum absolute atomic E-state index is 12.3. The molecule has 0 bridgehead atoms. The summed E-state index contributed by atoms with van der Waals surface area (Å²) < 4.78 is 5.57. The quantitative estimate of drug-likeness (QED) is 0.677. The van der Waals surface area contributed by atoms with E-state index in [0.717, 1.165) is 11.3 Å². The maximum atomic E-state index is 12.3. The molecule has 1 amide bonds. The van der Waals surface area contributed by atoms with Crippen molar-refractivity contribution in [3.05, 3.63) is 42.5 Å². The number of para-hydroxylation sites is 1. The van der Waals surface area contributed by atoms with Crippen molar-refractivity contribution in [3.8, 4) is 5.75 Å². The number of likely N-dealkylation sites (N-methyl/N-ethyl adjacent to an activating group) is 1. The minimum absolute atomic E-state index is 0.111. The van der Waals surface area contributed by atoms with E-state index in [1.54, 1.807) is 18.3 Å². The number of nitrogens with one attached hydrogen (secondary N) is 2. The van der Waals surface area contributed by atoms with Crippen molar-refractivity contribution in [2.45, 2.75) is 13.5 Å². The lowest BCUT2D eigenvalue weighted by Gasteiger charge is -2.18. The van der Waals surface area contributed by atoms with Gasteiger partial charge in [-0.25, -0.2) is 15.0 Å². The number of H-pyrrole nitrogens is 1. The summed E-state index contributed by atoms with van der Waals surface area (Å²) in [6, 6.07) is 7.67. The number of benzene rings is 1. The zero-order valence-corrected chi connectivity index (χ0v) is 14.2. The van der Waals surface area contributed by atoms with Crippen LogP contribution in [0.25, 0.3) is 11.2 Å². The minimum Gasteiger partial charge on any atom is -0.494 e. The predicted molar refractivity (Wildman–Crippen MR) is 94.4 cm³/mol. The molecule has 0 spiro atoms. The second-order valence-electron chi connectivity index (χ2n) is 5.47. The van der Waals surface area contributed by atoms with Crippen molar-refractivity contribution in [2.24, 2.45) is 0 Å². The third kappa shape index (κ3) is 3.85. The molecule has 0 radical (unpaired) electrons. The molecule has 2 heterocycles. The van der Waals surface area contributed by atoms with Crippen LogP contribution >= 0.6 is 0 Å². The molecule has 2 aromatic heterocycles. The minimum atomic E-state index is -0.111. The van der Waals surface area contributed by atoms with Gasteiger partial charge in [0, 0.05) is 19.2 Å². The van der Waals surface area contributed by atoms with Gasteiger partial charge >= 0.3 is 0 Å². The number of rotatable bonds is 7. The van der Waals surface area contributed by atoms with E-state index in [4.69, 9.17) is 4.74 Å². The lowest BCUT2D eigenvalue weighted by atomic mass is 10.2. The molecular weight excluding hydrogens is 320 g/mol. The summed E-state index contributed by atoms with van der Waals surface area (Å²) in [4.78, 5) is 29.4. The number of aromatic nitrogens is 4. The monoisotopic (exact) mass is 340 g/mol. The molecular formula is C17H20N6O2. The van der Waals surface area contributed by atoms with Crippen LogP contribution in [-0.2, 0) is 11.3 Å². The number of hydrogen-bond acceptors (Lipinski definition) is 6. The highest BCUT2D eigenvalue weighted by molar-refractivity contribution is 5.86. The van der Waals surface area contributed by atoms with Gasteiger partial charge in [-0.15, -0.1) is 0 Å². The first-order chi connectivity index (χ1) is 12.2. The van der Waals surface area contributed by atoms with Crippen LogP contribution in [0, 0.1) is 0 Å². The van der Waals surface area contributed by atoms with E-state index >= 15 is 0 Å². The number of ether oxygens (including phenoxy) is 1. The summed E-state index contributed by atoms with van der Waals surface area (Å²) >= 11 is 0. The van der Waals surface area contributed by atoms with Crippen LogP contribution in [0.2, 0.25) is 0 Å². The molecule has 0 aliphatic heterocycles. The number of carbonyl (C=O) groups is 1. The summed E-state index contributed by atoms with van der Waals surface area (Å²) in [5.74, 6) is 1.31. The van der Waals surface area contributed by atoms with E-state index in [0.29, 0.717) is 30.1 Å². The van der Waals surface area contributed by atoms with Gasteiger partial charge in [0.1, 0.15) is 17.6 Å². The molecule has 0 saturated carbocycles. The summed E-state index contributed by atoms with van der Waals surface area (Å²) in [5.41, 5.74) is 2.22. The molecule has 0 fully saturated rings. The summed E-state index contributed by atoms with van der Waals surface area (Å²) in [6.45, 7) is 3.10. The number of anilines is 1. The van der Waals surface area contributed by atoms with Crippen molar-refractivity contribution < 1.29 is 9.53 Å². The van der Waals surface area contributed by atoms with Gasteiger partial charge < -0.3 is 19.9 Å². The Kier molecular flexibility index (Phi) is 5.08. The highest BCUT2D eigenvalue weighted by Crippen LogP contribution is 2.19. The largest absolute Gasteiger partial charge is 0.494 e. The fourth-order valence-corrected chi connectivity index (χ4v) is 2.53. The van der Waals surface area contributed by atoms with Crippen LogP contribution in [0.5, 0.6) is 5.75 Å². The normalized spacial score (nSPS) is 10.6. The molecule has 8 nitrogen and oxygen atoms in total. The highest BCUT2D eigenvalue weighted by atomic mass is 16.5. The number of amides is 1. The van der Waals surface area contributed by atoms with E-state index in [-0.39, 0.29) is 12.5 Å². The Morgan fingerprint density at radius 3 is 2.96 bits per heavy atom. The molecule has 25 heavy (non-hydrogen) atoms. The molecule has 3 aromatic rings. The Morgan fingerprint density at radius 2 is 2.12 bits per heavy atom. The summed E-state index contributed by atoms with van der Waals surface area (Å²) in [7, 11) is 1.80. The van der Waals surface area contributed by atoms with E-state index in [1.807, 2.05) is 31.2 Å². The van der Waals surface area contributed by atoms with E-state index in [9.17, 15) is 4.79 Å². The van der Waals surface area contributed by atoms with Crippen molar-refractivity contribution in [1.29, 1.82) is 0 Å². The topological polar surface area (TPSA) is 96.0 Å². The van der Waals surface area contributed by atoms with Crippen molar-refractivity contribution >= 4 is 22.9 Å². The third-order valence-corrected chi connectivity index (χ3v) is 3.69. The second-order valence-corrected chi connectivity index (χ2v) is 5.47. The van der Waals surface area contributed by atoms with Crippen molar-refractivity contribution in [1.82, 2.24) is 25.3 Å². The SMILES string of the molecule is CCOc1ccccc1CNC(=O)CN(C)c1ncnc2nc[nH]c12. The van der Waals surface area contributed by atoms with Crippen LogP contribution in [0.4, 0.5) is 5.82 Å². The summed E-state index contributed by atoms with van der Waals surface area (Å²) in [6.07, 6.45) is 2.99. The molecule has 0 saturated heterocycles. The van der Waals surface area contributed by atoms with Gasteiger partial charge in [0.15, 0.2) is 11.5 Å². The van der Waals surface area contributed by atoms with Gasteiger partial charge in [0.25, 0.3) is 0 Å². The van der Waals surface area contributed by atoms with Gasteiger partial charge in [-0.05, 0) is 13.0 Å². The third-order valence-electron chi connectivity index (χ3n) is 3.69. The molecule has 0 unspecified atom stereocenters. The van der Waals surface area contributed by atoms with Crippen LogP contribution in [0.3, 0.4) is 0 Å². The maximum Gasteiger partial charge on any atom is 0.239 e. The van der Waals surface area contributed by atoms with Crippen molar-refractivity contribution in [2.75, 3.05) is 25.1 Å². The molecule has 0 aliphatic rings. The van der Waals surface area contributed by atoms with Gasteiger partial charge in [-0.3, -0.25) is 4.79 Å². The highest BCUT2D eigenvalue weighted by Gasteiger charge is 2.14. The fraction of sp³-hybridized carbons (Fsp3) is 0.294. The average Bonchev–Trinajstić information content (AvgIpc) is 3.10. The smallest absolute Gasteiger partial charge is 0.239 e. The van der Waals surface area contributed by atoms with Gasteiger partial charge in [0.2, 0.25) is 5.91 Å². The zero-order valence-electron chi connectivity index (χ0n) is 14.2. The Labute approximate surface area is 145 Å². The molecule has 3 rings (SSSR count). The zero-order chi connectivity index (χ0) is 17.6. The Balaban J connectivity index is 1.62. The molecule has 0 atom stereocenters. The van der Waals surface area contributed by atoms with Crippen LogP contribution < -0.4 is 15.0 Å². The average molecular weight is 340 g/mol. The first-order valence-electron chi connectivity index (χ1n) is 8.01. The van der Waals surface area contributed by atoms with Crippen LogP contribution in [0.1, 0.15) is 12.5 Å². The standard InChI is InChI=1S/C17H20N6O2/c1-3-25-13-7-5-4-6-12(13)8-18-14(24)9-23(2)17-15-16(20-10-19-15)21-11-22-17/h4-7,10-11H,3,8-9H2,1-2H3,(H,18,24)(H,19,20,21,22). The second kappa shape index (κ2) is 7.61. The lowest BCUT2D eigenvalue weighted by molar-refractivity contribution is -0.119. The molecule has 130 valence electrons. The van der Waals surface area contributed by atoms with Gasteiger partial charge in [0.05, 0.1) is 19.5 Å². The number of carbonyl (C=O) groups excluding carboxylic acids is 1. The van der Waals surface area contributed by atoms with Crippen LogP contribution in [0.15, 0.2) is 36.9 Å². The molecule has 0 aliphatic carbocycles. The van der Waals surface area contributed by atoms with E-state index < -0.39 is 0 Å². The number of nitrogens with zero attached hydrogens (tertiary/aromatic N) is 4. The first-order valence-corrected chi connectivity index (χ1v) is 8.01. The first kappa shape index (κ1) is 16.7. The van der Waals surface area contributed by atoms with Crippen molar-refractivity contribution in [3.63, 3.8) is 0 Å². The molecule has 2 N–H and O–H groups in total. The summed E-state index contributed by atoms with van der Waals surface area (Å²) in [5, 5.41) is 2.91. The van der Waals surface area contributed by atoms with E-state index in [2.05, 4.69) is 25.3 Å². The number of hydrogen-bond donors (Lipinski definition) is 2. The van der Waals surface area contributed by atoms with Gasteiger partial charge in [-0.1, -0.05) is 18.2 Å². The van der Waals surface area contributed by atoms with Gasteiger partial charge in [-0.2, -0.15) is 0 Å². The Bertz CT molecular complexity index is 863. The van der Waals surface area contributed by atoms with E-state index in [1.165, 1.54) is 6.33 Å².